The topological polar surface area (TPSA) is 72.2 Å². The number of fused-ring (bicyclic) bond motifs is 1. The van der Waals surface area contributed by atoms with Crippen molar-refractivity contribution < 1.29 is 4.79 Å². The SMILES string of the molecule is Cc1ccc(C=Cc2c(NC(=O)CC(C)(C)C)nn3cccnc23)cn1. The van der Waals surface area contributed by atoms with Gasteiger partial charge in [0, 0.05) is 30.7 Å². The Bertz CT molecular complexity index is 948. The summed E-state index contributed by atoms with van der Waals surface area (Å²) in [5, 5.41) is 7.39. The molecule has 6 heteroatoms. The maximum absolute atomic E-state index is 12.4. The number of anilines is 1. The van der Waals surface area contributed by atoms with Crippen LogP contribution in [0.2, 0.25) is 0 Å². The van der Waals surface area contributed by atoms with Gasteiger partial charge in [-0.15, -0.1) is 5.10 Å². The number of carbonyl (C=O) groups is 1. The first-order chi connectivity index (χ1) is 12.3. The van der Waals surface area contributed by atoms with E-state index in [1.54, 1.807) is 16.8 Å². The highest BCUT2D eigenvalue weighted by molar-refractivity contribution is 5.95. The minimum Gasteiger partial charge on any atom is -0.309 e. The van der Waals surface area contributed by atoms with Gasteiger partial charge in [-0.3, -0.25) is 9.78 Å². The summed E-state index contributed by atoms with van der Waals surface area (Å²) in [6.07, 6.45) is 9.60. The van der Waals surface area contributed by atoms with E-state index in [-0.39, 0.29) is 11.3 Å². The van der Waals surface area contributed by atoms with Crippen LogP contribution in [0, 0.1) is 12.3 Å². The molecule has 0 fully saturated rings. The molecule has 26 heavy (non-hydrogen) atoms. The molecule has 0 aromatic carbocycles. The van der Waals surface area contributed by atoms with Gasteiger partial charge in [-0.05, 0) is 36.1 Å². The third kappa shape index (κ3) is 4.33. The number of rotatable bonds is 4. The normalized spacial score (nSPS) is 12.0. The van der Waals surface area contributed by atoms with Crippen LogP contribution in [0.5, 0.6) is 0 Å². The van der Waals surface area contributed by atoms with Crippen molar-refractivity contribution in [3.05, 3.63) is 53.6 Å². The molecule has 3 aromatic rings. The Morgan fingerprint density at radius 3 is 2.73 bits per heavy atom. The fraction of sp³-hybridized carbons (Fsp3) is 0.300. The van der Waals surface area contributed by atoms with E-state index >= 15 is 0 Å². The molecule has 3 rings (SSSR count). The molecule has 0 unspecified atom stereocenters. The van der Waals surface area contributed by atoms with Crippen LogP contribution in [0.3, 0.4) is 0 Å². The molecule has 0 radical (unpaired) electrons. The molecule has 6 nitrogen and oxygen atoms in total. The largest absolute Gasteiger partial charge is 0.309 e. The van der Waals surface area contributed by atoms with Gasteiger partial charge in [0.05, 0.1) is 5.56 Å². The van der Waals surface area contributed by atoms with E-state index in [1.807, 2.05) is 64.4 Å². The van der Waals surface area contributed by atoms with E-state index in [0.29, 0.717) is 17.9 Å². The predicted molar refractivity (Wildman–Crippen MR) is 104 cm³/mol. The zero-order valence-electron chi connectivity index (χ0n) is 15.5. The van der Waals surface area contributed by atoms with Gasteiger partial charge in [0.2, 0.25) is 5.91 Å². The highest BCUT2D eigenvalue weighted by atomic mass is 16.1. The van der Waals surface area contributed by atoms with Crippen LogP contribution in [-0.2, 0) is 4.79 Å². The van der Waals surface area contributed by atoms with Gasteiger partial charge < -0.3 is 5.32 Å². The molecule has 0 saturated carbocycles. The molecule has 1 N–H and O–H groups in total. The minimum absolute atomic E-state index is 0.0624. The first-order valence-corrected chi connectivity index (χ1v) is 8.56. The molecular weight excluding hydrogens is 326 g/mol. The first kappa shape index (κ1) is 17.8. The number of nitrogens with zero attached hydrogens (tertiary/aromatic N) is 4. The fourth-order valence-electron chi connectivity index (χ4n) is 2.57. The lowest BCUT2D eigenvalue weighted by Crippen LogP contribution is -2.20. The number of amides is 1. The highest BCUT2D eigenvalue weighted by Gasteiger charge is 2.19. The summed E-state index contributed by atoms with van der Waals surface area (Å²) in [5.41, 5.74) is 3.31. The highest BCUT2D eigenvalue weighted by Crippen LogP contribution is 2.24. The summed E-state index contributed by atoms with van der Waals surface area (Å²) >= 11 is 0. The molecule has 0 spiro atoms. The van der Waals surface area contributed by atoms with Crippen molar-refractivity contribution >= 4 is 29.5 Å². The molecule has 3 aromatic heterocycles. The number of hydrogen-bond donors (Lipinski definition) is 1. The van der Waals surface area contributed by atoms with Crippen LogP contribution in [0.1, 0.15) is 44.0 Å². The van der Waals surface area contributed by atoms with Gasteiger partial charge >= 0.3 is 0 Å². The van der Waals surface area contributed by atoms with E-state index in [2.05, 4.69) is 20.4 Å². The summed E-state index contributed by atoms with van der Waals surface area (Å²) in [6, 6.07) is 5.76. The van der Waals surface area contributed by atoms with Crippen molar-refractivity contribution in [2.24, 2.45) is 5.41 Å². The van der Waals surface area contributed by atoms with Crippen LogP contribution in [0.25, 0.3) is 17.8 Å². The Labute approximate surface area is 153 Å². The van der Waals surface area contributed by atoms with Crippen LogP contribution >= 0.6 is 0 Å². The zero-order chi connectivity index (χ0) is 18.7. The quantitative estimate of drug-likeness (QED) is 0.773. The molecule has 134 valence electrons. The molecule has 0 bridgehead atoms. The van der Waals surface area contributed by atoms with Crippen molar-refractivity contribution in [1.29, 1.82) is 0 Å². The van der Waals surface area contributed by atoms with E-state index in [9.17, 15) is 4.79 Å². The van der Waals surface area contributed by atoms with Crippen molar-refractivity contribution in [1.82, 2.24) is 19.6 Å². The second-order valence-electron chi connectivity index (χ2n) is 7.50. The number of aromatic nitrogens is 4. The smallest absolute Gasteiger partial charge is 0.226 e. The summed E-state index contributed by atoms with van der Waals surface area (Å²) in [4.78, 5) is 21.0. The maximum Gasteiger partial charge on any atom is 0.226 e. The molecule has 0 atom stereocenters. The van der Waals surface area contributed by atoms with Gasteiger partial charge in [0.1, 0.15) is 0 Å². The average Bonchev–Trinajstić information content (AvgIpc) is 2.89. The Morgan fingerprint density at radius 1 is 1.23 bits per heavy atom. The Morgan fingerprint density at radius 2 is 2.04 bits per heavy atom. The van der Waals surface area contributed by atoms with Crippen LogP contribution in [0.4, 0.5) is 5.82 Å². The third-order valence-electron chi connectivity index (χ3n) is 3.76. The van der Waals surface area contributed by atoms with Crippen LogP contribution in [0.15, 0.2) is 36.8 Å². The number of carbonyl (C=O) groups excluding carboxylic acids is 1. The average molecular weight is 349 g/mol. The monoisotopic (exact) mass is 349 g/mol. The van der Waals surface area contributed by atoms with Gasteiger partial charge in [0.25, 0.3) is 0 Å². The third-order valence-corrected chi connectivity index (χ3v) is 3.76. The second-order valence-corrected chi connectivity index (χ2v) is 7.50. The zero-order valence-corrected chi connectivity index (χ0v) is 15.5. The molecule has 0 aliphatic heterocycles. The summed E-state index contributed by atoms with van der Waals surface area (Å²) < 4.78 is 1.67. The lowest BCUT2D eigenvalue weighted by atomic mass is 9.92. The summed E-state index contributed by atoms with van der Waals surface area (Å²) in [7, 11) is 0. The number of hydrogen-bond acceptors (Lipinski definition) is 4. The van der Waals surface area contributed by atoms with E-state index in [0.717, 1.165) is 16.8 Å². The number of nitrogens with one attached hydrogen (secondary N) is 1. The maximum atomic E-state index is 12.4. The standard InChI is InChI=1S/C20H23N5O/c1-14-6-7-15(13-22-14)8-9-16-18(23-17(26)12-20(2,3)4)24-25-11-5-10-21-19(16)25/h5-11,13H,12H2,1-4H3,(H,23,24,26). The lowest BCUT2D eigenvalue weighted by Gasteiger charge is -2.16. The Hall–Kier alpha value is -3.02. The summed E-state index contributed by atoms with van der Waals surface area (Å²) in [6.45, 7) is 8.04. The molecule has 3 heterocycles. The van der Waals surface area contributed by atoms with Crippen LogP contribution in [-0.4, -0.2) is 25.5 Å². The van der Waals surface area contributed by atoms with Gasteiger partial charge in [0.15, 0.2) is 11.5 Å². The molecule has 0 aliphatic carbocycles. The van der Waals surface area contributed by atoms with Crippen molar-refractivity contribution in [2.75, 3.05) is 5.32 Å². The summed E-state index contributed by atoms with van der Waals surface area (Å²) in [5.74, 6) is 0.446. The van der Waals surface area contributed by atoms with E-state index in [4.69, 9.17) is 0 Å². The number of aryl methyl sites for hydroxylation is 1. The van der Waals surface area contributed by atoms with E-state index < -0.39 is 0 Å². The van der Waals surface area contributed by atoms with E-state index in [1.165, 1.54) is 0 Å². The van der Waals surface area contributed by atoms with Gasteiger partial charge in [-0.25, -0.2) is 9.50 Å². The number of pyridine rings is 1. The van der Waals surface area contributed by atoms with Crippen molar-refractivity contribution in [3.8, 4) is 0 Å². The predicted octanol–water partition coefficient (Wildman–Crippen LogP) is 3.98. The second kappa shape index (κ2) is 7.07. The molecule has 0 saturated heterocycles. The van der Waals surface area contributed by atoms with Crippen molar-refractivity contribution in [3.63, 3.8) is 0 Å². The fourth-order valence-corrected chi connectivity index (χ4v) is 2.57. The lowest BCUT2D eigenvalue weighted by molar-refractivity contribution is -0.117. The van der Waals surface area contributed by atoms with Crippen LogP contribution < -0.4 is 5.32 Å². The Balaban J connectivity index is 1.94. The first-order valence-electron chi connectivity index (χ1n) is 8.56. The molecular formula is C20H23N5O. The molecule has 0 aliphatic rings. The Kier molecular flexibility index (Phi) is 4.84. The van der Waals surface area contributed by atoms with Gasteiger partial charge in [-0.1, -0.05) is 32.9 Å². The minimum atomic E-state index is -0.0922. The molecule has 1 amide bonds. The van der Waals surface area contributed by atoms with Gasteiger partial charge in [-0.2, -0.15) is 0 Å². The van der Waals surface area contributed by atoms with Crippen molar-refractivity contribution in [2.45, 2.75) is 34.1 Å².